The predicted molar refractivity (Wildman–Crippen MR) is 95.0 cm³/mol. The molecule has 0 aliphatic carbocycles. The number of carbonyl (C=O) groups excluding carboxylic acids is 1. The fourth-order valence-electron chi connectivity index (χ4n) is 2.29. The van der Waals surface area contributed by atoms with Crippen LogP contribution >= 0.6 is 11.3 Å². The lowest BCUT2D eigenvalue weighted by Gasteiger charge is -1.97. The second kappa shape index (κ2) is 7.07. The maximum atomic E-state index is 12.1. The molecule has 0 aliphatic rings. The number of hydrogen-bond acceptors (Lipinski definition) is 3. The maximum absolute atomic E-state index is 12.1. The summed E-state index contributed by atoms with van der Waals surface area (Å²) in [6.45, 7) is 0. The molecule has 1 aromatic heterocycles. The zero-order valence-corrected chi connectivity index (χ0v) is 13.3. The zero-order valence-electron chi connectivity index (χ0n) is 12.5. The minimum Gasteiger partial charge on any atom is -0.508 e. The highest BCUT2D eigenvalue weighted by Crippen LogP contribution is 2.21. The standard InChI is InChI=1S/C20H16O2S/c21-17-8-4-7-16(14-17)20(22)12-11-18-9-10-19(23-18)13-15-5-2-1-3-6-15/h1-12,14,21H,13H2/b12-11+. The number of thiophene rings is 1. The van der Waals surface area contributed by atoms with Crippen LogP contribution in [-0.4, -0.2) is 10.9 Å². The Bertz CT molecular complexity index is 832. The van der Waals surface area contributed by atoms with Crippen LogP contribution in [0.15, 0.2) is 72.8 Å². The molecular weight excluding hydrogens is 304 g/mol. The van der Waals surface area contributed by atoms with E-state index in [1.807, 2.05) is 30.3 Å². The van der Waals surface area contributed by atoms with Gasteiger partial charge in [0.15, 0.2) is 5.78 Å². The Hall–Kier alpha value is -2.65. The second-order valence-corrected chi connectivity index (χ2v) is 6.41. The van der Waals surface area contributed by atoms with Crippen molar-refractivity contribution < 1.29 is 9.90 Å². The fraction of sp³-hybridized carbons (Fsp3) is 0.0500. The lowest BCUT2D eigenvalue weighted by atomic mass is 10.1. The van der Waals surface area contributed by atoms with E-state index >= 15 is 0 Å². The van der Waals surface area contributed by atoms with Crippen LogP contribution in [0.1, 0.15) is 25.7 Å². The van der Waals surface area contributed by atoms with Crippen LogP contribution < -0.4 is 0 Å². The molecule has 1 heterocycles. The summed E-state index contributed by atoms with van der Waals surface area (Å²) < 4.78 is 0. The van der Waals surface area contributed by atoms with E-state index in [4.69, 9.17) is 0 Å². The Morgan fingerprint density at radius 2 is 1.83 bits per heavy atom. The first-order valence-electron chi connectivity index (χ1n) is 7.35. The highest BCUT2D eigenvalue weighted by molar-refractivity contribution is 7.12. The third kappa shape index (κ3) is 4.18. The molecule has 2 aromatic carbocycles. The van der Waals surface area contributed by atoms with Gasteiger partial charge in [-0.1, -0.05) is 42.5 Å². The molecule has 0 spiro atoms. The van der Waals surface area contributed by atoms with Gasteiger partial charge in [-0.3, -0.25) is 4.79 Å². The number of carbonyl (C=O) groups is 1. The molecule has 0 unspecified atom stereocenters. The van der Waals surface area contributed by atoms with Gasteiger partial charge in [-0.15, -0.1) is 11.3 Å². The molecular formula is C20H16O2S. The number of aromatic hydroxyl groups is 1. The molecule has 3 aromatic rings. The molecule has 0 fully saturated rings. The van der Waals surface area contributed by atoms with Crippen molar-refractivity contribution in [2.45, 2.75) is 6.42 Å². The third-order valence-corrected chi connectivity index (χ3v) is 4.48. The van der Waals surface area contributed by atoms with Crippen molar-refractivity contribution in [1.82, 2.24) is 0 Å². The van der Waals surface area contributed by atoms with Gasteiger partial charge in [-0.2, -0.15) is 0 Å². The van der Waals surface area contributed by atoms with Gasteiger partial charge < -0.3 is 5.11 Å². The normalized spacial score (nSPS) is 11.0. The summed E-state index contributed by atoms with van der Waals surface area (Å²) in [7, 11) is 0. The molecule has 3 heteroatoms. The van der Waals surface area contributed by atoms with Crippen molar-refractivity contribution in [2.24, 2.45) is 0 Å². The zero-order chi connectivity index (χ0) is 16.1. The van der Waals surface area contributed by atoms with E-state index in [2.05, 4.69) is 18.2 Å². The Morgan fingerprint density at radius 3 is 2.61 bits per heavy atom. The van der Waals surface area contributed by atoms with Crippen molar-refractivity contribution in [2.75, 3.05) is 0 Å². The molecule has 3 rings (SSSR count). The lowest BCUT2D eigenvalue weighted by molar-refractivity contribution is 0.104. The number of ketones is 1. The molecule has 0 radical (unpaired) electrons. The fourth-order valence-corrected chi connectivity index (χ4v) is 3.24. The molecule has 0 aliphatic heterocycles. The van der Waals surface area contributed by atoms with E-state index in [1.54, 1.807) is 35.6 Å². The van der Waals surface area contributed by atoms with Crippen LogP contribution in [0, 0.1) is 0 Å². The SMILES string of the molecule is O=C(/C=C/c1ccc(Cc2ccccc2)s1)c1cccc(O)c1. The van der Waals surface area contributed by atoms with Gasteiger partial charge in [0.05, 0.1) is 0 Å². The van der Waals surface area contributed by atoms with Gasteiger partial charge in [-0.05, 0) is 42.0 Å². The molecule has 0 amide bonds. The molecule has 1 N–H and O–H groups in total. The number of phenolic OH excluding ortho intramolecular Hbond substituents is 1. The van der Waals surface area contributed by atoms with E-state index in [9.17, 15) is 9.90 Å². The van der Waals surface area contributed by atoms with Crippen LogP contribution in [0.4, 0.5) is 0 Å². The van der Waals surface area contributed by atoms with Crippen molar-refractivity contribution in [3.05, 3.63) is 93.7 Å². The summed E-state index contributed by atoms with van der Waals surface area (Å²) >= 11 is 1.68. The summed E-state index contributed by atoms with van der Waals surface area (Å²) in [5, 5.41) is 9.42. The molecule has 0 atom stereocenters. The van der Waals surface area contributed by atoms with Crippen LogP contribution in [-0.2, 0) is 6.42 Å². The van der Waals surface area contributed by atoms with Crippen LogP contribution in [0.25, 0.3) is 6.08 Å². The van der Waals surface area contributed by atoms with E-state index in [0.29, 0.717) is 5.56 Å². The van der Waals surface area contributed by atoms with Gasteiger partial charge >= 0.3 is 0 Å². The number of phenols is 1. The van der Waals surface area contributed by atoms with E-state index in [0.717, 1.165) is 11.3 Å². The minimum absolute atomic E-state index is 0.102. The van der Waals surface area contributed by atoms with E-state index in [-0.39, 0.29) is 11.5 Å². The van der Waals surface area contributed by atoms with Crippen LogP contribution in [0.3, 0.4) is 0 Å². The largest absolute Gasteiger partial charge is 0.508 e. The minimum atomic E-state index is -0.112. The average Bonchev–Trinajstić information content (AvgIpc) is 3.01. The maximum Gasteiger partial charge on any atom is 0.186 e. The number of hydrogen-bond donors (Lipinski definition) is 1. The van der Waals surface area contributed by atoms with Gasteiger partial charge in [0.2, 0.25) is 0 Å². The summed E-state index contributed by atoms with van der Waals surface area (Å²) in [6.07, 6.45) is 4.28. The molecule has 0 saturated heterocycles. The Morgan fingerprint density at radius 1 is 1.00 bits per heavy atom. The van der Waals surface area contributed by atoms with Crippen LogP contribution in [0.5, 0.6) is 5.75 Å². The Balaban J connectivity index is 1.68. The summed E-state index contributed by atoms with van der Waals surface area (Å²) in [6, 6.07) is 20.8. The molecule has 114 valence electrons. The first-order chi connectivity index (χ1) is 11.2. The predicted octanol–water partition coefficient (Wildman–Crippen LogP) is 4.94. The number of allylic oxidation sites excluding steroid dienone is 1. The Labute approximate surface area is 139 Å². The quantitative estimate of drug-likeness (QED) is 0.534. The summed E-state index contributed by atoms with van der Waals surface area (Å²) in [5.74, 6) is -0.00979. The van der Waals surface area contributed by atoms with Crippen molar-refractivity contribution in [1.29, 1.82) is 0 Å². The smallest absolute Gasteiger partial charge is 0.186 e. The van der Waals surface area contributed by atoms with Crippen molar-refractivity contribution in [3.8, 4) is 5.75 Å². The summed E-state index contributed by atoms with van der Waals surface area (Å²) in [5.41, 5.74) is 1.77. The second-order valence-electron chi connectivity index (χ2n) is 5.21. The summed E-state index contributed by atoms with van der Waals surface area (Å²) in [4.78, 5) is 14.4. The monoisotopic (exact) mass is 320 g/mol. The first kappa shape index (κ1) is 15.3. The van der Waals surface area contributed by atoms with E-state index < -0.39 is 0 Å². The molecule has 0 saturated carbocycles. The highest BCUT2D eigenvalue weighted by Gasteiger charge is 2.03. The van der Waals surface area contributed by atoms with Crippen LogP contribution in [0.2, 0.25) is 0 Å². The molecule has 2 nitrogen and oxygen atoms in total. The van der Waals surface area contributed by atoms with Gasteiger partial charge in [0, 0.05) is 21.7 Å². The highest BCUT2D eigenvalue weighted by atomic mass is 32.1. The average molecular weight is 320 g/mol. The molecule has 0 bridgehead atoms. The topological polar surface area (TPSA) is 37.3 Å². The number of benzene rings is 2. The van der Waals surface area contributed by atoms with Gasteiger partial charge in [-0.25, -0.2) is 0 Å². The van der Waals surface area contributed by atoms with Crippen molar-refractivity contribution >= 4 is 23.2 Å². The molecule has 23 heavy (non-hydrogen) atoms. The number of rotatable bonds is 5. The first-order valence-corrected chi connectivity index (χ1v) is 8.16. The Kier molecular flexibility index (Phi) is 4.69. The third-order valence-electron chi connectivity index (χ3n) is 3.43. The van der Waals surface area contributed by atoms with Crippen molar-refractivity contribution in [3.63, 3.8) is 0 Å². The van der Waals surface area contributed by atoms with Gasteiger partial charge in [0.25, 0.3) is 0 Å². The van der Waals surface area contributed by atoms with Gasteiger partial charge in [0.1, 0.15) is 5.75 Å². The lowest BCUT2D eigenvalue weighted by Crippen LogP contribution is -1.92. The van der Waals surface area contributed by atoms with E-state index in [1.165, 1.54) is 16.5 Å².